The van der Waals surface area contributed by atoms with Crippen LogP contribution in [0.5, 0.6) is 0 Å². The monoisotopic (exact) mass is 269 g/mol. The van der Waals surface area contributed by atoms with Crippen LogP contribution in [-0.4, -0.2) is 18.0 Å². The molecule has 2 aromatic carbocycles. The first-order valence-electron chi connectivity index (χ1n) is 6.48. The van der Waals surface area contributed by atoms with Gasteiger partial charge in [0.2, 0.25) is 0 Å². The van der Waals surface area contributed by atoms with Gasteiger partial charge >= 0.3 is 6.03 Å². The Kier molecular flexibility index (Phi) is 4.25. The normalized spacial score (nSPS) is 10.1. The molecule has 4 heteroatoms. The summed E-state index contributed by atoms with van der Waals surface area (Å²) in [6.07, 6.45) is 0. The number of amides is 2. The van der Waals surface area contributed by atoms with Crippen LogP contribution in [0.4, 0.5) is 16.2 Å². The molecule has 0 fully saturated rings. The second-order valence-electron chi connectivity index (χ2n) is 4.90. The minimum absolute atomic E-state index is 0.132. The fourth-order valence-corrected chi connectivity index (χ4v) is 1.91. The number of carbonyl (C=O) groups excluding carboxylic acids is 1. The largest absolute Gasteiger partial charge is 0.399 e. The molecule has 0 aliphatic carbocycles. The summed E-state index contributed by atoms with van der Waals surface area (Å²) in [6.45, 7) is 2.53. The van der Waals surface area contributed by atoms with Gasteiger partial charge in [-0.05, 0) is 42.3 Å². The molecular formula is C16H19N3O. The van der Waals surface area contributed by atoms with E-state index in [1.165, 1.54) is 0 Å². The molecule has 2 aromatic rings. The summed E-state index contributed by atoms with van der Waals surface area (Å²) in [5, 5.41) is 2.88. The Morgan fingerprint density at radius 2 is 1.90 bits per heavy atom. The summed E-state index contributed by atoms with van der Waals surface area (Å²) in [6, 6.07) is 15.1. The third kappa shape index (κ3) is 3.75. The van der Waals surface area contributed by atoms with Gasteiger partial charge < -0.3 is 16.0 Å². The highest BCUT2D eigenvalue weighted by Crippen LogP contribution is 2.12. The molecule has 0 bridgehead atoms. The van der Waals surface area contributed by atoms with Crippen LogP contribution < -0.4 is 11.1 Å². The summed E-state index contributed by atoms with van der Waals surface area (Å²) in [7, 11) is 1.77. The molecule has 0 aliphatic heterocycles. The van der Waals surface area contributed by atoms with E-state index in [1.807, 2.05) is 55.5 Å². The van der Waals surface area contributed by atoms with Gasteiger partial charge in [-0.2, -0.15) is 0 Å². The van der Waals surface area contributed by atoms with Crippen LogP contribution in [0.25, 0.3) is 0 Å². The number of hydrogen-bond donors (Lipinski definition) is 2. The molecule has 4 nitrogen and oxygen atoms in total. The van der Waals surface area contributed by atoms with Gasteiger partial charge in [-0.15, -0.1) is 0 Å². The van der Waals surface area contributed by atoms with E-state index in [0.717, 1.165) is 22.5 Å². The topological polar surface area (TPSA) is 58.4 Å². The Hall–Kier alpha value is -2.49. The third-order valence-corrected chi connectivity index (χ3v) is 3.02. The molecule has 2 rings (SSSR count). The Labute approximate surface area is 119 Å². The quantitative estimate of drug-likeness (QED) is 0.840. The van der Waals surface area contributed by atoms with Crippen LogP contribution in [0, 0.1) is 6.92 Å². The summed E-state index contributed by atoms with van der Waals surface area (Å²) >= 11 is 0. The van der Waals surface area contributed by atoms with E-state index in [0.29, 0.717) is 6.54 Å². The van der Waals surface area contributed by atoms with Crippen molar-refractivity contribution in [2.45, 2.75) is 13.5 Å². The van der Waals surface area contributed by atoms with Gasteiger partial charge in [-0.25, -0.2) is 4.79 Å². The number of nitrogens with two attached hydrogens (primary N) is 1. The number of urea groups is 1. The van der Waals surface area contributed by atoms with Gasteiger partial charge in [0.1, 0.15) is 0 Å². The number of aryl methyl sites for hydroxylation is 1. The van der Waals surface area contributed by atoms with Crippen molar-refractivity contribution in [2.75, 3.05) is 18.1 Å². The van der Waals surface area contributed by atoms with Gasteiger partial charge in [-0.3, -0.25) is 0 Å². The lowest BCUT2D eigenvalue weighted by atomic mass is 10.2. The maximum Gasteiger partial charge on any atom is 0.321 e. The first kappa shape index (κ1) is 13.9. The second kappa shape index (κ2) is 6.10. The van der Waals surface area contributed by atoms with Gasteiger partial charge in [0, 0.05) is 25.0 Å². The lowest BCUT2D eigenvalue weighted by molar-refractivity contribution is 0.220. The fourth-order valence-electron chi connectivity index (χ4n) is 1.91. The first-order valence-corrected chi connectivity index (χ1v) is 6.48. The fraction of sp³-hybridized carbons (Fsp3) is 0.188. The van der Waals surface area contributed by atoms with E-state index < -0.39 is 0 Å². The van der Waals surface area contributed by atoms with Gasteiger partial charge in [-0.1, -0.05) is 24.3 Å². The zero-order chi connectivity index (χ0) is 14.5. The number of rotatable bonds is 3. The average molecular weight is 269 g/mol. The SMILES string of the molecule is Cc1cccc(NC(=O)N(C)Cc2ccc(N)cc2)c1. The molecule has 20 heavy (non-hydrogen) atoms. The van der Waals surface area contributed by atoms with Crippen molar-refractivity contribution in [2.24, 2.45) is 0 Å². The van der Waals surface area contributed by atoms with Gasteiger partial charge in [0.15, 0.2) is 0 Å². The van der Waals surface area contributed by atoms with E-state index in [2.05, 4.69) is 5.32 Å². The van der Waals surface area contributed by atoms with Crippen molar-refractivity contribution in [3.05, 3.63) is 59.7 Å². The van der Waals surface area contributed by atoms with Crippen LogP contribution in [0.3, 0.4) is 0 Å². The second-order valence-corrected chi connectivity index (χ2v) is 4.90. The minimum atomic E-state index is -0.132. The van der Waals surface area contributed by atoms with Crippen molar-refractivity contribution >= 4 is 17.4 Å². The smallest absolute Gasteiger partial charge is 0.321 e. The number of anilines is 2. The molecule has 0 aromatic heterocycles. The van der Waals surface area contributed by atoms with Crippen LogP contribution in [-0.2, 0) is 6.54 Å². The van der Waals surface area contributed by atoms with Crippen molar-refractivity contribution < 1.29 is 4.79 Å². The number of carbonyl (C=O) groups is 1. The molecule has 0 atom stereocenters. The van der Waals surface area contributed by atoms with Crippen LogP contribution in [0.1, 0.15) is 11.1 Å². The van der Waals surface area contributed by atoms with Gasteiger partial charge in [0.05, 0.1) is 0 Å². The van der Waals surface area contributed by atoms with Crippen LogP contribution >= 0.6 is 0 Å². The molecule has 0 aliphatic rings. The molecule has 0 radical (unpaired) electrons. The number of hydrogen-bond acceptors (Lipinski definition) is 2. The maximum atomic E-state index is 12.1. The Balaban J connectivity index is 1.96. The first-order chi connectivity index (χ1) is 9.54. The molecule has 0 heterocycles. The summed E-state index contributed by atoms with van der Waals surface area (Å²) in [5.41, 5.74) is 9.33. The van der Waals surface area contributed by atoms with Crippen molar-refractivity contribution in [1.29, 1.82) is 0 Å². The number of nitrogens with zero attached hydrogens (tertiary/aromatic N) is 1. The van der Waals surface area contributed by atoms with Crippen LogP contribution in [0.15, 0.2) is 48.5 Å². The van der Waals surface area contributed by atoms with Crippen molar-refractivity contribution in [1.82, 2.24) is 4.90 Å². The predicted molar refractivity (Wildman–Crippen MR) is 82.5 cm³/mol. The molecule has 0 spiro atoms. The Morgan fingerprint density at radius 1 is 1.20 bits per heavy atom. The highest BCUT2D eigenvalue weighted by molar-refractivity contribution is 5.89. The maximum absolute atomic E-state index is 12.1. The lowest BCUT2D eigenvalue weighted by Crippen LogP contribution is -2.30. The Bertz CT molecular complexity index is 593. The molecule has 0 unspecified atom stereocenters. The molecule has 3 N–H and O–H groups in total. The van der Waals surface area contributed by atoms with Crippen molar-refractivity contribution in [3.8, 4) is 0 Å². The van der Waals surface area contributed by atoms with E-state index in [1.54, 1.807) is 11.9 Å². The van der Waals surface area contributed by atoms with E-state index in [4.69, 9.17) is 5.73 Å². The zero-order valence-electron chi connectivity index (χ0n) is 11.8. The number of benzene rings is 2. The summed E-state index contributed by atoms with van der Waals surface area (Å²) in [4.78, 5) is 13.7. The average Bonchev–Trinajstić information content (AvgIpc) is 2.41. The highest BCUT2D eigenvalue weighted by atomic mass is 16.2. The molecule has 0 saturated carbocycles. The van der Waals surface area contributed by atoms with E-state index in [-0.39, 0.29) is 6.03 Å². The van der Waals surface area contributed by atoms with Crippen molar-refractivity contribution in [3.63, 3.8) is 0 Å². The summed E-state index contributed by atoms with van der Waals surface area (Å²) < 4.78 is 0. The van der Waals surface area contributed by atoms with Crippen LogP contribution in [0.2, 0.25) is 0 Å². The van der Waals surface area contributed by atoms with E-state index >= 15 is 0 Å². The van der Waals surface area contributed by atoms with Gasteiger partial charge in [0.25, 0.3) is 0 Å². The lowest BCUT2D eigenvalue weighted by Gasteiger charge is -2.18. The number of nitrogen functional groups attached to an aromatic ring is 1. The molecule has 104 valence electrons. The van der Waals surface area contributed by atoms with E-state index in [9.17, 15) is 4.79 Å². The molecule has 2 amide bonds. The Morgan fingerprint density at radius 3 is 2.55 bits per heavy atom. The zero-order valence-corrected chi connectivity index (χ0v) is 11.8. The molecule has 0 saturated heterocycles. The third-order valence-electron chi connectivity index (χ3n) is 3.02. The number of nitrogens with one attached hydrogen (secondary N) is 1. The summed E-state index contributed by atoms with van der Waals surface area (Å²) in [5.74, 6) is 0. The molecular weight excluding hydrogens is 250 g/mol. The highest BCUT2D eigenvalue weighted by Gasteiger charge is 2.09. The standard InChI is InChI=1S/C16H19N3O/c1-12-4-3-5-15(10-12)18-16(20)19(2)11-13-6-8-14(17)9-7-13/h3-10H,11,17H2,1-2H3,(H,18,20). The predicted octanol–water partition coefficient (Wildman–Crippen LogP) is 3.24. The minimum Gasteiger partial charge on any atom is -0.399 e.